The van der Waals surface area contributed by atoms with E-state index in [2.05, 4.69) is 10.4 Å². The first kappa shape index (κ1) is 23.5. The van der Waals surface area contributed by atoms with Gasteiger partial charge in [0.05, 0.1) is 9.92 Å². The molecule has 4 rings (SSSR count). The van der Waals surface area contributed by atoms with Crippen molar-refractivity contribution in [2.24, 2.45) is 5.10 Å². The number of carbonyl (C=O) groups is 1. The third-order valence-electron chi connectivity index (χ3n) is 5.13. The fourth-order valence-electron chi connectivity index (χ4n) is 3.13. The first-order valence-corrected chi connectivity index (χ1v) is 11.9. The normalized spacial score (nSPS) is 12.1. The Balaban J connectivity index is 1.75. The fraction of sp³-hybridized carbons (Fsp3) is 0.0833. The van der Waals surface area contributed by atoms with E-state index in [1.165, 1.54) is 0 Å². The molecule has 0 saturated heterocycles. The highest BCUT2D eigenvalue weighted by atomic mass is 35.5. The zero-order chi connectivity index (χ0) is 24.5. The monoisotopic (exact) mass is 499 g/mol. The van der Waals surface area contributed by atoms with Crippen LogP contribution in [0.2, 0.25) is 5.02 Å². The molecule has 0 bridgehead atoms. The van der Waals surface area contributed by atoms with Gasteiger partial charge in [0.25, 0.3) is 15.9 Å². The van der Waals surface area contributed by atoms with Gasteiger partial charge in [-0.05, 0) is 67.4 Å². The van der Waals surface area contributed by atoms with Gasteiger partial charge >= 0.3 is 0 Å². The summed E-state index contributed by atoms with van der Waals surface area (Å²) < 4.78 is 44.4. The quantitative estimate of drug-likeness (QED) is 0.382. The van der Waals surface area contributed by atoms with Gasteiger partial charge in [-0.1, -0.05) is 35.9 Å². The summed E-state index contributed by atoms with van der Waals surface area (Å²) >= 11 is 5.70. The molecule has 0 aliphatic rings. The molecule has 34 heavy (non-hydrogen) atoms. The second-order valence-electron chi connectivity index (χ2n) is 7.54. The third-order valence-corrected chi connectivity index (χ3v) is 6.63. The van der Waals surface area contributed by atoms with Gasteiger partial charge < -0.3 is 9.73 Å². The predicted octanol–water partition coefficient (Wildman–Crippen LogP) is 4.89. The van der Waals surface area contributed by atoms with Crippen molar-refractivity contribution in [3.8, 4) is 0 Å². The minimum Gasteiger partial charge on any atom is -0.436 e. The summed E-state index contributed by atoms with van der Waals surface area (Å²) in [4.78, 5) is 14.8. The van der Waals surface area contributed by atoms with Gasteiger partial charge in [-0.15, -0.1) is 5.10 Å². The molecule has 0 atom stereocenters. The minimum atomic E-state index is -4.22. The van der Waals surface area contributed by atoms with Crippen LogP contribution >= 0.6 is 11.6 Å². The number of nitrogens with one attached hydrogen (secondary N) is 2. The summed E-state index contributed by atoms with van der Waals surface area (Å²) in [5.74, 6) is -1.30. The molecule has 0 fully saturated rings. The fourth-order valence-corrected chi connectivity index (χ4v) is 4.20. The van der Waals surface area contributed by atoms with Gasteiger partial charge in [-0.25, -0.2) is 4.39 Å². The molecule has 1 aromatic heterocycles. The van der Waals surface area contributed by atoms with Crippen molar-refractivity contribution in [1.29, 1.82) is 0 Å². The lowest BCUT2D eigenvalue weighted by atomic mass is 10.1. The van der Waals surface area contributed by atoms with E-state index in [1.807, 2.05) is 30.8 Å². The topological polar surface area (TPSA) is 101 Å². The maximum Gasteiger partial charge on any atom is 0.276 e. The van der Waals surface area contributed by atoms with Gasteiger partial charge in [0, 0.05) is 11.1 Å². The van der Waals surface area contributed by atoms with Gasteiger partial charge in [-0.3, -0.25) is 4.79 Å². The largest absolute Gasteiger partial charge is 0.436 e. The number of carbonyl (C=O) groups excluding carboxylic acids is 1. The van der Waals surface area contributed by atoms with E-state index in [1.54, 1.807) is 36.4 Å². The number of rotatable bonds is 5. The van der Waals surface area contributed by atoms with Crippen LogP contribution in [-0.2, 0) is 10.0 Å². The van der Waals surface area contributed by atoms with Crippen molar-refractivity contribution >= 4 is 44.2 Å². The summed E-state index contributed by atoms with van der Waals surface area (Å²) in [6.45, 7) is 3.88. The van der Waals surface area contributed by atoms with Crippen molar-refractivity contribution in [1.82, 2.24) is 4.83 Å². The van der Waals surface area contributed by atoms with Crippen molar-refractivity contribution in [2.75, 3.05) is 5.32 Å². The number of hydrogen-bond acceptors (Lipinski definition) is 5. The Bertz CT molecular complexity index is 1600. The van der Waals surface area contributed by atoms with Crippen LogP contribution in [-0.4, -0.2) is 14.3 Å². The van der Waals surface area contributed by atoms with Gasteiger partial charge in [0.1, 0.15) is 17.0 Å². The Morgan fingerprint density at radius 1 is 1.00 bits per heavy atom. The molecule has 0 aliphatic heterocycles. The minimum absolute atomic E-state index is 0.0109. The number of halogens is 2. The maximum atomic E-state index is 13.4. The lowest BCUT2D eigenvalue weighted by molar-refractivity contribution is 0.102. The van der Waals surface area contributed by atoms with E-state index < -0.39 is 21.7 Å². The zero-order valence-electron chi connectivity index (χ0n) is 18.1. The first-order chi connectivity index (χ1) is 16.1. The molecule has 0 radical (unpaired) electrons. The Hall–Kier alpha value is -3.69. The van der Waals surface area contributed by atoms with Crippen LogP contribution in [0.5, 0.6) is 0 Å². The Kier molecular flexibility index (Phi) is 6.41. The molecule has 0 saturated carbocycles. The highest BCUT2D eigenvalue weighted by Crippen LogP contribution is 2.20. The maximum absolute atomic E-state index is 13.4. The molecule has 4 aromatic rings. The third kappa shape index (κ3) is 4.95. The van der Waals surface area contributed by atoms with Crippen LogP contribution in [0, 0.1) is 19.7 Å². The summed E-state index contributed by atoms with van der Waals surface area (Å²) in [5.41, 5.74) is 2.79. The Morgan fingerprint density at radius 2 is 1.76 bits per heavy atom. The molecule has 3 aromatic carbocycles. The molecular formula is C24H19ClFN3O4S. The summed E-state index contributed by atoms with van der Waals surface area (Å²) in [6, 6.07) is 16.9. The standard InChI is InChI=1S/C24H19ClFN3O4S/c1-14-7-8-17(11-15(14)2)27-23(30)19-12-16-5-3-4-6-22(16)33-24(19)28-29-34(31,32)18-9-10-21(26)20(25)13-18/h3-13,29H,1-2H3,(H,27,30)/b28-24-. The van der Waals surface area contributed by atoms with Gasteiger partial charge in [0.15, 0.2) is 0 Å². The van der Waals surface area contributed by atoms with E-state index in [9.17, 15) is 17.6 Å². The van der Waals surface area contributed by atoms with Gasteiger partial charge in [-0.2, -0.15) is 13.2 Å². The van der Waals surface area contributed by atoms with Crippen LogP contribution < -0.4 is 15.7 Å². The molecule has 2 N–H and O–H groups in total. The number of para-hydroxylation sites is 1. The second kappa shape index (κ2) is 9.28. The van der Waals surface area contributed by atoms with Crippen LogP contribution in [0.4, 0.5) is 10.1 Å². The molecule has 1 amide bonds. The van der Waals surface area contributed by atoms with Crippen molar-refractivity contribution in [3.05, 3.63) is 99.8 Å². The molecule has 0 aliphatic carbocycles. The number of sulfonamides is 1. The lowest BCUT2D eigenvalue weighted by Crippen LogP contribution is -2.27. The highest BCUT2D eigenvalue weighted by molar-refractivity contribution is 7.89. The molecule has 7 nitrogen and oxygen atoms in total. The SMILES string of the molecule is Cc1ccc(NC(=O)c2cc3ccccc3o/c2=N\NS(=O)(=O)c2ccc(F)c(Cl)c2)cc1C. The number of aryl methyl sites for hydroxylation is 2. The molecule has 1 heterocycles. The summed E-state index contributed by atoms with van der Waals surface area (Å²) in [7, 11) is -4.22. The van der Waals surface area contributed by atoms with Crippen molar-refractivity contribution < 1.29 is 22.0 Å². The number of amides is 1. The van der Waals surface area contributed by atoms with Crippen molar-refractivity contribution in [3.63, 3.8) is 0 Å². The number of anilines is 1. The summed E-state index contributed by atoms with van der Waals surface area (Å²) in [5, 5.41) is 6.90. The van der Waals surface area contributed by atoms with E-state index in [0.717, 1.165) is 29.3 Å². The second-order valence-corrected chi connectivity index (χ2v) is 9.61. The van der Waals surface area contributed by atoms with Crippen LogP contribution in [0.1, 0.15) is 21.5 Å². The number of nitrogens with zero attached hydrogens (tertiary/aromatic N) is 1. The molecule has 10 heteroatoms. The number of hydrogen-bond donors (Lipinski definition) is 2. The summed E-state index contributed by atoms with van der Waals surface area (Å²) in [6.07, 6.45) is 0. The molecule has 174 valence electrons. The molecule has 0 unspecified atom stereocenters. The van der Waals surface area contributed by atoms with E-state index >= 15 is 0 Å². The molecular weight excluding hydrogens is 481 g/mol. The average Bonchev–Trinajstić information content (AvgIpc) is 2.81. The van der Waals surface area contributed by atoms with Crippen LogP contribution in [0.3, 0.4) is 0 Å². The van der Waals surface area contributed by atoms with E-state index in [-0.39, 0.29) is 21.0 Å². The smallest absolute Gasteiger partial charge is 0.276 e. The molecule has 0 spiro atoms. The van der Waals surface area contributed by atoms with Gasteiger partial charge in [0.2, 0.25) is 5.55 Å². The number of benzene rings is 3. The zero-order valence-corrected chi connectivity index (χ0v) is 19.7. The van der Waals surface area contributed by atoms with Crippen molar-refractivity contribution in [2.45, 2.75) is 18.7 Å². The lowest BCUT2D eigenvalue weighted by Gasteiger charge is -2.09. The van der Waals surface area contributed by atoms with Crippen LogP contribution in [0.25, 0.3) is 11.0 Å². The van der Waals surface area contributed by atoms with Crippen LogP contribution in [0.15, 0.2) is 81.1 Å². The predicted molar refractivity (Wildman–Crippen MR) is 127 cm³/mol. The Labute approximate surface area is 199 Å². The number of fused-ring (bicyclic) bond motifs is 1. The van der Waals surface area contributed by atoms with E-state index in [4.69, 9.17) is 16.0 Å². The first-order valence-electron chi connectivity index (χ1n) is 10.1. The highest BCUT2D eigenvalue weighted by Gasteiger charge is 2.17. The average molecular weight is 500 g/mol. The Morgan fingerprint density at radius 3 is 2.50 bits per heavy atom. The van der Waals surface area contributed by atoms with E-state index in [0.29, 0.717) is 16.7 Å².